The van der Waals surface area contributed by atoms with Gasteiger partial charge in [-0.25, -0.2) is 0 Å². The monoisotopic (exact) mass is 301 g/mol. The van der Waals surface area contributed by atoms with Gasteiger partial charge in [-0.1, -0.05) is 29.3 Å². The van der Waals surface area contributed by atoms with Gasteiger partial charge < -0.3 is 15.1 Å². The molecule has 1 aliphatic rings. The first-order valence-corrected chi connectivity index (χ1v) is 6.51. The normalized spacial score (nSPS) is 23.3. The molecule has 4 nitrogen and oxygen atoms in total. The number of carbonyl (C=O) groups is 1. The molecule has 2 N–H and O–H groups in total. The number of benzene rings is 1. The molecule has 1 aliphatic heterocycles. The van der Waals surface area contributed by atoms with Crippen molar-refractivity contribution in [1.29, 1.82) is 0 Å². The molecule has 1 heterocycles. The number of rotatable bonds is 2. The summed E-state index contributed by atoms with van der Waals surface area (Å²) in [5.41, 5.74) is 0.680. The summed E-state index contributed by atoms with van der Waals surface area (Å²) in [6.45, 7) is 0.275. The van der Waals surface area contributed by atoms with Crippen LogP contribution in [-0.4, -0.2) is 46.3 Å². The third-order valence-corrected chi connectivity index (χ3v) is 3.50. The summed E-state index contributed by atoms with van der Waals surface area (Å²) in [6, 6.07) is 4.99. The topological polar surface area (TPSA) is 60.8 Å². The minimum atomic E-state index is -0.878. The Labute approximate surface area is 120 Å². The summed E-state index contributed by atoms with van der Waals surface area (Å²) in [6.07, 6.45) is 1.19. The molecular formula is C13H13Cl2NO3. The van der Waals surface area contributed by atoms with Crippen molar-refractivity contribution in [2.75, 3.05) is 13.1 Å². The van der Waals surface area contributed by atoms with Crippen LogP contribution in [0.5, 0.6) is 0 Å². The average molecular weight is 302 g/mol. The first-order valence-electron chi connectivity index (χ1n) is 5.75. The maximum Gasteiger partial charge on any atom is 0.246 e. The Morgan fingerprint density at radius 1 is 1.26 bits per heavy atom. The number of amides is 1. The molecule has 6 heteroatoms. The van der Waals surface area contributed by atoms with Crippen LogP contribution in [0.25, 0.3) is 6.08 Å². The molecule has 2 rings (SSSR count). The van der Waals surface area contributed by atoms with Gasteiger partial charge in [0.15, 0.2) is 0 Å². The summed E-state index contributed by atoms with van der Waals surface area (Å²) < 4.78 is 0. The zero-order valence-corrected chi connectivity index (χ0v) is 11.5. The van der Waals surface area contributed by atoms with Crippen molar-refractivity contribution >= 4 is 35.2 Å². The van der Waals surface area contributed by atoms with Gasteiger partial charge in [0.1, 0.15) is 0 Å². The predicted molar refractivity (Wildman–Crippen MR) is 74.1 cm³/mol. The van der Waals surface area contributed by atoms with E-state index >= 15 is 0 Å². The van der Waals surface area contributed by atoms with E-state index < -0.39 is 12.2 Å². The van der Waals surface area contributed by atoms with Crippen LogP contribution in [-0.2, 0) is 4.79 Å². The van der Waals surface area contributed by atoms with Gasteiger partial charge in [0.25, 0.3) is 0 Å². The molecule has 2 atom stereocenters. The molecule has 1 amide bonds. The standard InChI is InChI=1S/C13H13Cl2NO3/c14-9-3-1-8(10(15)5-9)2-4-13(19)16-6-11(17)12(18)7-16/h1-5,11-12,17-18H,6-7H2/b4-2+. The Morgan fingerprint density at radius 2 is 1.89 bits per heavy atom. The summed E-state index contributed by atoms with van der Waals surface area (Å²) in [5.74, 6) is -0.276. The number of hydrogen-bond acceptors (Lipinski definition) is 3. The average Bonchev–Trinajstić information content (AvgIpc) is 2.68. The SMILES string of the molecule is O=C(/C=C/c1ccc(Cl)cc1Cl)N1CC(O)C(O)C1. The number of nitrogens with zero attached hydrogens (tertiary/aromatic N) is 1. The Balaban J connectivity index is 2.04. The maximum absolute atomic E-state index is 11.8. The first-order chi connectivity index (χ1) is 8.97. The van der Waals surface area contributed by atoms with Crippen molar-refractivity contribution in [2.24, 2.45) is 0 Å². The van der Waals surface area contributed by atoms with Crippen LogP contribution < -0.4 is 0 Å². The van der Waals surface area contributed by atoms with E-state index in [1.807, 2.05) is 0 Å². The van der Waals surface area contributed by atoms with E-state index in [0.29, 0.717) is 15.6 Å². The van der Waals surface area contributed by atoms with Crippen LogP contribution in [0.15, 0.2) is 24.3 Å². The summed E-state index contributed by atoms with van der Waals surface area (Å²) in [5, 5.41) is 19.7. The van der Waals surface area contributed by atoms with Crippen LogP contribution >= 0.6 is 23.2 Å². The highest BCUT2D eigenvalue weighted by Gasteiger charge is 2.31. The van der Waals surface area contributed by atoms with Crippen molar-refractivity contribution in [3.63, 3.8) is 0 Å². The third-order valence-electron chi connectivity index (χ3n) is 2.94. The summed E-state index contributed by atoms with van der Waals surface area (Å²) in [4.78, 5) is 13.2. The number of halogens is 2. The molecular weight excluding hydrogens is 289 g/mol. The van der Waals surface area contributed by atoms with Crippen LogP contribution in [0.3, 0.4) is 0 Å². The van der Waals surface area contributed by atoms with Crippen molar-refractivity contribution < 1.29 is 15.0 Å². The zero-order valence-electron chi connectivity index (χ0n) is 9.96. The molecule has 102 valence electrons. The molecule has 2 unspecified atom stereocenters. The van der Waals surface area contributed by atoms with Gasteiger partial charge in [-0.2, -0.15) is 0 Å². The number of aliphatic hydroxyl groups is 2. The molecule has 19 heavy (non-hydrogen) atoms. The molecule has 0 aliphatic carbocycles. The van der Waals surface area contributed by atoms with Crippen molar-refractivity contribution in [3.8, 4) is 0 Å². The third kappa shape index (κ3) is 3.48. The fourth-order valence-electron chi connectivity index (χ4n) is 1.85. The highest BCUT2D eigenvalue weighted by Crippen LogP contribution is 2.22. The van der Waals surface area contributed by atoms with Gasteiger partial charge in [0, 0.05) is 29.2 Å². The molecule has 0 aromatic heterocycles. The predicted octanol–water partition coefficient (Wildman–Crippen LogP) is 1.57. The molecule has 1 saturated heterocycles. The summed E-state index contributed by atoms with van der Waals surface area (Å²) >= 11 is 11.8. The van der Waals surface area contributed by atoms with Crippen LogP contribution in [0.2, 0.25) is 10.0 Å². The second-order valence-electron chi connectivity index (χ2n) is 4.38. The van der Waals surface area contributed by atoms with E-state index in [-0.39, 0.29) is 19.0 Å². The Morgan fingerprint density at radius 3 is 2.47 bits per heavy atom. The van der Waals surface area contributed by atoms with Gasteiger partial charge in [-0.3, -0.25) is 4.79 Å². The lowest BCUT2D eigenvalue weighted by Crippen LogP contribution is -2.27. The van der Waals surface area contributed by atoms with Gasteiger partial charge in [0.2, 0.25) is 5.91 Å². The Kier molecular flexibility index (Phi) is 4.47. The number of aliphatic hydroxyl groups excluding tert-OH is 2. The lowest BCUT2D eigenvalue weighted by Gasteiger charge is -2.12. The molecule has 1 fully saturated rings. The van der Waals surface area contributed by atoms with Crippen LogP contribution in [0.1, 0.15) is 5.56 Å². The van der Waals surface area contributed by atoms with E-state index in [9.17, 15) is 15.0 Å². The lowest BCUT2D eigenvalue weighted by atomic mass is 10.2. The minimum Gasteiger partial charge on any atom is -0.388 e. The first kappa shape index (κ1) is 14.3. The smallest absolute Gasteiger partial charge is 0.246 e. The van der Waals surface area contributed by atoms with Gasteiger partial charge in [-0.05, 0) is 23.8 Å². The Bertz CT molecular complexity index is 509. The molecule has 0 radical (unpaired) electrons. The van der Waals surface area contributed by atoms with E-state index in [1.165, 1.54) is 11.0 Å². The van der Waals surface area contributed by atoms with Crippen LogP contribution in [0, 0.1) is 0 Å². The van der Waals surface area contributed by atoms with Crippen molar-refractivity contribution in [3.05, 3.63) is 39.9 Å². The van der Waals surface area contributed by atoms with Crippen molar-refractivity contribution in [2.45, 2.75) is 12.2 Å². The number of carbonyl (C=O) groups excluding carboxylic acids is 1. The van der Waals surface area contributed by atoms with E-state index in [4.69, 9.17) is 23.2 Å². The highest BCUT2D eigenvalue weighted by atomic mass is 35.5. The second-order valence-corrected chi connectivity index (χ2v) is 5.22. The van der Waals surface area contributed by atoms with Gasteiger partial charge in [-0.15, -0.1) is 0 Å². The fraction of sp³-hybridized carbons (Fsp3) is 0.308. The number of hydrogen-bond donors (Lipinski definition) is 2. The van der Waals surface area contributed by atoms with E-state index in [2.05, 4.69) is 0 Å². The van der Waals surface area contributed by atoms with Crippen molar-refractivity contribution in [1.82, 2.24) is 4.90 Å². The second kappa shape index (κ2) is 5.92. The molecule has 0 spiro atoms. The van der Waals surface area contributed by atoms with E-state index in [0.717, 1.165) is 0 Å². The molecule has 1 aromatic carbocycles. The number of likely N-dealkylation sites (tertiary alicyclic amines) is 1. The van der Waals surface area contributed by atoms with Gasteiger partial charge in [0.05, 0.1) is 12.2 Å². The molecule has 0 bridgehead atoms. The van der Waals surface area contributed by atoms with Gasteiger partial charge >= 0.3 is 0 Å². The quantitative estimate of drug-likeness (QED) is 0.815. The molecule has 0 saturated carbocycles. The fourth-order valence-corrected chi connectivity index (χ4v) is 2.32. The van der Waals surface area contributed by atoms with Crippen LogP contribution in [0.4, 0.5) is 0 Å². The Hall–Kier alpha value is -1.07. The number of β-amino-alcohol motifs (C(OH)–C–C–N with tert-alkyl or cyclic N) is 2. The van der Waals surface area contributed by atoms with E-state index in [1.54, 1.807) is 24.3 Å². The maximum atomic E-state index is 11.8. The lowest BCUT2D eigenvalue weighted by molar-refractivity contribution is -0.125. The molecule has 1 aromatic rings. The minimum absolute atomic E-state index is 0.138. The largest absolute Gasteiger partial charge is 0.388 e. The highest BCUT2D eigenvalue weighted by molar-refractivity contribution is 6.35. The zero-order chi connectivity index (χ0) is 14.0. The summed E-state index contributed by atoms with van der Waals surface area (Å²) in [7, 11) is 0.